The number of nitrogens with zero attached hydrogens (tertiary/aromatic N) is 3. The monoisotopic (exact) mass is 1060 g/mol. The molecule has 0 bridgehead atoms. The lowest BCUT2D eigenvalue weighted by atomic mass is 10.00. The minimum Gasteiger partial charge on any atom is -0.391 e. The summed E-state index contributed by atoms with van der Waals surface area (Å²) in [5, 5.41) is 27.9. The lowest BCUT2D eigenvalue weighted by molar-refractivity contribution is -0.147. The number of carbonyl (C=O) groups is 9. The lowest BCUT2D eigenvalue weighted by Crippen LogP contribution is -2.62. The van der Waals surface area contributed by atoms with E-state index in [2.05, 4.69) is 31.9 Å². The zero-order valence-electron chi connectivity index (χ0n) is 45.7. The highest BCUT2D eigenvalue weighted by atomic mass is 32.2. The lowest BCUT2D eigenvalue weighted by Gasteiger charge is -2.36. The third kappa shape index (κ3) is 19.9. The molecule has 1 heterocycles. The SMILES string of the molecule is CCCC[C@@H]1NC(=O)[C@H](CCCC)N(C)C(=O)[C@H](CCCC)NC(=O)[C@H](Cc2ccccc2)N(C)C(=O)[C@H]([C@@H](C)O)NC(=O)[C@H](CCCC)N(C)C(=O)[C@@H](Cc2ccccc2)NC(=O)CSC[C@@H](C(=O)NC)NC1=O. The second-order valence-electron chi connectivity index (χ2n) is 19.5. The van der Waals surface area contributed by atoms with Crippen molar-refractivity contribution < 1.29 is 48.3 Å². The molecule has 0 unspecified atom stereocenters. The van der Waals surface area contributed by atoms with E-state index < -0.39 is 108 Å². The number of aliphatic hydroxyl groups excluding tert-OH is 1. The average Bonchev–Trinajstić information content (AvgIpc) is 3.40. The summed E-state index contributed by atoms with van der Waals surface area (Å²) in [5.41, 5.74) is 1.39. The summed E-state index contributed by atoms with van der Waals surface area (Å²) in [6.45, 7) is 9.05. The Kier molecular flexibility index (Phi) is 27.9. The van der Waals surface area contributed by atoms with Gasteiger partial charge in [0.1, 0.15) is 48.3 Å². The standard InChI is InChI=1S/C55H85N9O10S/c1-10-14-28-39-49(68)60-42(48(67)56-6)34-75-35-46(66)57-41(32-37-24-20-18-21-25-37)54(73)63(8)44(31-17-13-4)51(70)61-47(36(5)65)55(74)64(9)45(33-38-26-22-19-23-27-38)52(71)59-40(29-15-11-2)53(72)62(7)43(30-16-12-3)50(69)58-39/h18-27,36,39-45,47,65H,10-17,28-35H2,1-9H3,(H,56,67)(H,57,66)(H,58,69)(H,59,71)(H,60,68)(H,61,70)/t36-,39+,40+,41-,42+,43+,44+,45+,47+/m1/s1. The van der Waals surface area contributed by atoms with Crippen LogP contribution in [0.5, 0.6) is 0 Å². The van der Waals surface area contributed by atoms with E-state index in [4.69, 9.17) is 0 Å². The zero-order chi connectivity index (χ0) is 55.6. The van der Waals surface area contributed by atoms with Crippen molar-refractivity contribution >= 4 is 64.9 Å². The summed E-state index contributed by atoms with van der Waals surface area (Å²) in [7, 11) is 5.72. The van der Waals surface area contributed by atoms with Crippen molar-refractivity contribution in [1.29, 1.82) is 0 Å². The summed E-state index contributed by atoms with van der Waals surface area (Å²) < 4.78 is 0. The highest BCUT2D eigenvalue weighted by Gasteiger charge is 2.40. The van der Waals surface area contributed by atoms with Crippen LogP contribution in [0.4, 0.5) is 0 Å². The first-order chi connectivity index (χ1) is 35.8. The second-order valence-corrected chi connectivity index (χ2v) is 20.5. The molecule has 19 nitrogen and oxygen atoms in total. The Labute approximate surface area is 448 Å². The van der Waals surface area contributed by atoms with E-state index in [-0.39, 0.29) is 50.0 Å². The Morgan fingerprint density at radius 3 is 1.52 bits per heavy atom. The van der Waals surface area contributed by atoms with Crippen molar-refractivity contribution in [2.24, 2.45) is 0 Å². The Balaban J connectivity index is 2.24. The van der Waals surface area contributed by atoms with Crippen molar-refractivity contribution in [3.8, 4) is 0 Å². The number of rotatable bonds is 18. The molecule has 75 heavy (non-hydrogen) atoms. The van der Waals surface area contributed by atoms with Gasteiger partial charge in [-0.05, 0) is 43.7 Å². The van der Waals surface area contributed by atoms with E-state index >= 15 is 0 Å². The number of hydrogen-bond donors (Lipinski definition) is 7. The van der Waals surface area contributed by atoms with Crippen molar-refractivity contribution in [2.45, 2.75) is 179 Å². The summed E-state index contributed by atoms with van der Waals surface area (Å²) in [6.07, 6.45) is 4.11. The molecule has 1 aliphatic rings. The minimum absolute atomic E-state index is 0.0210. The smallest absolute Gasteiger partial charge is 0.248 e. The molecule has 416 valence electrons. The summed E-state index contributed by atoms with van der Waals surface area (Å²) in [6, 6.07) is 8.24. The first-order valence-corrected chi connectivity index (χ1v) is 27.8. The number of likely N-dealkylation sites (N-methyl/N-ethyl adjacent to an activating group) is 4. The molecule has 1 aliphatic heterocycles. The van der Waals surface area contributed by atoms with Crippen LogP contribution in [0.15, 0.2) is 60.7 Å². The van der Waals surface area contributed by atoms with Gasteiger partial charge in [0.05, 0.1) is 11.9 Å². The molecule has 0 radical (unpaired) electrons. The number of amides is 9. The molecular weight excluding hydrogens is 979 g/mol. The molecule has 1 fully saturated rings. The highest BCUT2D eigenvalue weighted by Crippen LogP contribution is 2.19. The third-order valence-corrected chi connectivity index (χ3v) is 14.6. The van der Waals surface area contributed by atoms with Crippen LogP contribution in [0.2, 0.25) is 0 Å². The van der Waals surface area contributed by atoms with Crippen LogP contribution < -0.4 is 31.9 Å². The van der Waals surface area contributed by atoms with Gasteiger partial charge in [-0.1, -0.05) is 140 Å². The average molecular weight is 1060 g/mol. The van der Waals surface area contributed by atoms with Crippen LogP contribution in [0.3, 0.4) is 0 Å². The molecule has 0 saturated carbocycles. The van der Waals surface area contributed by atoms with Crippen molar-refractivity contribution in [2.75, 3.05) is 39.7 Å². The third-order valence-electron chi connectivity index (χ3n) is 13.6. The normalized spacial score (nSPS) is 24.3. The first-order valence-electron chi connectivity index (χ1n) is 26.7. The number of nitrogens with one attached hydrogen (secondary N) is 6. The van der Waals surface area contributed by atoms with Gasteiger partial charge in [0.15, 0.2) is 0 Å². The van der Waals surface area contributed by atoms with Crippen molar-refractivity contribution in [1.82, 2.24) is 46.6 Å². The topological polar surface area (TPSA) is 256 Å². The van der Waals surface area contributed by atoms with Crippen LogP contribution in [-0.2, 0) is 56.0 Å². The van der Waals surface area contributed by atoms with Crippen LogP contribution >= 0.6 is 11.8 Å². The van der Waals surface area contributed by atoms with Gasteiger partial charge in [0.2, 0.25) is 53.2 Å². The van der Waals surface area contributed by atoms with E-state index in [9.17, 15) is 48.3 Å². The number of aliphatic hydroxyl groups is 1. The maximum atomic E-state index is 14.8. The Morgan fingerprint density at radius 2 is 1.01 bits per heavy atom. The van der Waals surface area contributed by atoms with Gasteiger partial charge in [0, 0.05) is 46.8 Å². The van der Waals surface area contributed by atoms with Crippen LogP contribution in [0.25, 0.3) is 0 Å². The van der Waals surface area contributed by atoms with Gasteiger partial charge in [-0.25, -0.2) is 0 Å². The molecule has 7 N–H and O–H groups in total. The van der Waals surface area contributed by atoms with Gasteiger partial charge in [-0.15, -0.1) is 11.8 Å². The van der Waals surface area contributed by atoms with Gasteiger partial charge in [0.25, 0.3) is 0 Å². The van der Waals surface area contributed by atoms with Crippen molar-refractivity contribution in [3.63, 3.8) is 0 Å². The summed E-state index contributed by atoms with van der Waals surface area (Å²) in [4.78, 5) is 133. The summed E-state index contributed by atoms with van der Waals surface area (Å²) in [5.74, 6) is -6.05. The van der Waals surface area contributed by atoms with Gasteiger partial charge in [-0.3, -0.25) is 43.2 Å². The Hall–Kier alpha value is -6.02. The number of thioether (sulfide) groups is 1. The first kappa shape index (κ1) is 63.3. The molecule has 0 spiro atoms. The predicted molar refractivity (Wildman–Crippen MR) is 291 cm³/mol. The molecule has 9 atom stereocenters. The van der Waals surface area contributed by atoms with E-state index in [1.807, 2.05) is 33.8 Å². The van der Waals surface area contributed by atoms with Crippen LogP contribution in [0, 0.1) is 0 Å². The molecule has 20 heteroatoms. The molecule has 3 rings (SSSR count). The minimum atomic E-state index is -1.59. The molecular formula is C55H85N9O10S. The largest absolute Gasteiger partial charge is 0.391 e. The molecule has 0 aliphatic carbocycles. The number of carbonyl (C=O) groups excluding carboxylic acids is 9. The number of unbranched alkanes of at least 4 members (excludes halogenated alkanes) is 4. The van der Waals surface area contributed by atoms with Gasteiger partial charge >= 0.3 is 0 Å². The summed E-state index contributed by atoms with van der Waals surface area (Å²) >= 11 is 1.04. The van der Waals surface area contributed by atoms with E-state index in [0.717, 1.165) is 22.2 Å². The van der Waals surface area contributed by atoms with Crippen LogP contribution in [-0.4, -0.2) is 167 Å². The molecule has 9 amide bonds. The fourth-order valence-corrected chi connectivity index (χ4v) is 9.77. The fourth-order valence-electron chi connectivity index (χ4n) is 8.91. The molecule has 1 saturated heterocycles. The highest BCUT2D eigenvalue weighted by molar-refractivity contribution is 8.00. The fraction of sp³-hybridized carbons (Fsp3) is 0.618. The number of hydrogen-bond acceptors (Lipinski definition) is 11. The molecule has 2 aromatic carbocycles. The maximum absolute atomic E-state index is 14.8. The maximum Gasteiger partial charge on any atom is 0.248 e. The van der Waals surface area contributed by atoms with E-state index in [0.29, 0.717) is 56.9 Å². The predicted octanol–water partition coefficient (Wildman–Crippen LogP) is 3.01. The van der Waals surface area contributed by atoms with Gasteiger partial charge in [-0.2, -0.15) is 0 Å². The molecule has 2 aromatic rings. The van der Waals surface area contributed by atoms with Gasteiger partial charge < -0.3 is 51.7 Å². The van der Waals surface area contributed by atoms with Crippen LogP contribution in [0.1, 0.15) is 123 Å². The second kappa shape index (κ2) is 33.1. The van der Waals surface area contributed by atoms with Crippen molar-refractivity contribution in [3.05, 3.63) is 71.8 Å². The zero-order valence-corrected chi connectivity index (χ0v) is 46.5. The molecule has 0 aromatic heterocycles. The van der Waals surface area contributed by atoms with E-state index in [1.165, 1.54) is 44.9 Å². The quantitative estimate of drug-likeness (QED) is 0.114. The Bertz CT molecular complexity index is 2170. The Morgan fingerprint density at radius 1 is 0.573 bits per heavy atom. The number of benzene rings is 2. The van der Waals surface area contributed by atoms with E-state index in [1.54, 1.807) is 54.6 Å².